The third kappa shape index (κ3) is 7.25. The SMILES string of the molecule is C[C@H](C(=O)NC(C)(C)C)N(C(=O)C[S@@](=O)CC(=O)Nc1ccc2c(c1)OCO2)c1cccc(F)c1. The van der Waals surface area contributed by atoms with Crippen LogP contribution in [0.1, 0.15) is 27.7 Å². The van der Waals surface area contributed by atoms with Gasteiger partial charge >= 0.3 is 0 Å². The molecule has 2 N–H and O–H groups in total. The molecule has 0 radical (unpaired) electrons. The summed E-state index contributed by atoms with van der Waals surface area (Å²) in [5, 5.41) is 5.39. The molecule has 2 atom stereocenters. The standard InChI is InChI=1S/C24H28FN3O6S/c1-15(23(31)27-24(2,3)4)28(18-7-5-6-16(25)10-18)22(30)13-35(32)12-21(29)26-17-8-9-19-20(11-17)34-14-33-19/h5-11,15H,12-14H2,1-4H3,(H,26,29)(H,27,31)/t15-,35+/m1/s1. The van der Waals surface area contributed by atoms with E-state index in [0.29, 0.717) is 17.2 Å². The number of hydrogen-bond donors (Lipinski definition) is 2. The summed E-state index contributed by atoms with van der Waals surface area (Å²) in [6, 6.07) is 9.04. The predicted octanol–water partition coefficient (Wildman–Crippen LogP) is 2.58. The van der Waals surface area contributed by atoms with Crippen LogP contribution in [0.15, 0.2) is 42.5 Å². The average molecular weight is 506 g/mol. The molecule has 188 valence electrons. The number of halogens is 1. The molecule has 0 bridgehead atoms. The second-order valence-corrected chi connectivity index (χ2v) is 10.5. The Kier molecular flexibility index (Phi) is 8.11. The highest BCUT2D eigenvalue weighted by atomic mass is 32.2. The van der Waals surface area contributed by atoms with Gasteiger partial charge < -0.3 is 20.1 Å². The maximum absolute atomic E-state index is 13.9. The Morgan fingerprint density at radius 3 is 2.49 bits per heavy atom. The van der Waals surface area contributed by atoms with E-state index in [2.05, 4.69) is 10.6 Å². The number of carbonyl (C=O) groups excluding carboxylic acids is 3. The first-order valence-corrected chi connectivity index (χ1v) is 12.4. The fourth-order valence-electron chi connectivity index (χ4n) is 3.38. The van der Waals surface area contributed by atoms with Crippen molar-refractivity contribution >= 4 is 39.9 Å². The Balaban J connectivity index is 1.68. The van der Waals surface area contributed by atoms with Crippen molar-refractivity contribution in [2.75, 3.05) is 28.5 Å². The maximum Gasteiger partial charge on any atom is 0.243 e. The van der Waals surface area contributed by atoms with Crippen molar-refractivity contribution in [3.8, 4) is 11.5 Å². The minimum absolute atomic E-state index is 0.0902. The van der Waals surface area contributed by atoms with Crippen molar-refractivity contribution in [3.05, 3.63) is 48.3 Å². The van der Waals surface area contributed by atoms with Crippen LogP contribution >= 0.6 is 0 Å². The van der Waals surface area contributed by atoms with Gasteiger partial charge in [0.1, 0.15) is 23.4 Å². The second kappa shape index (κ2) is 10.9. The molecule has 0 aromatic heterocycles. The zero-order chi connectivity index (χ0) is 25.8. The summed E-state index contributed by atoms with van der Waals surface area (Å²) in [7, 11) is -1.89. The Bertz CT molecular complexity index is 1150. The zero-order valence-corrected chi connectivity index (χ0v) is 20.7. The van der Waals surface area contributed by atoms with Gasteiger partial charge in [-0.2, -0.15) is 0 Å². The fourth-order valence-corrected chi connectivity index (χ4v) is 4.26. The quantitative estimate of drug-likeness (QED) is 0.570. The molecule has 35 heavy (non-hydrogen) atoms. The van der Waals surface area contributed by atoms with Gasteiger partial charge in [0.15, 0.2) is 11.5 Å². The summed E-state index contributed by atoms with van der Waals surface area (Å²) in [6.45, 7) is 6.96. The number of rotatable bonds is 8. The summed E-state index contributed by atoms with van der Waals surface area (Å²) in [6.07, 6.45) is 0. The van der Waals surface area contributed by atoms with Crippen molar-refractivity contribution in [1.29, 1.82) is 0 Å². The highest BCUT2D eigenvalue weighted by molar-refractivity contribution is 7.86. The van der Waals surface area contributed by atoms with E-state index in [-0.39, 0.29) is 12.5 Å². The summed E-state index contributed by atoms with van der Waals surface area (Å²) in [5.74, 6) is -2.23. The van der Waals surface area contributed by atoms with E-state index in [1.165, 1.54) is 25.1 Å². The molecule has 3 rings (SSSR count). The third-order valence-corrected chi connectivity index (χ3v) is 6.01. The summed E-state index contributed by atoms with van der Waals surface area (Å²) < 4.78 is 37.0. The number of amides is 3. The molecular formula is C24H28FN3O6S. The Morgan fingerprint density at radius 1 is 1.09 bits per heavy atom. The third-order valence-electron chi connectivity index (χ3n) is 4.85. The molecule has 2 aromatic carbocycles. The molecule has 1 heterocycles. The van der Waals surface area contributed by atoms with E-state index in [1.54, 1.807) is 39.0 Å². The number of anilines is 2. The molecular weight excluding hydrogens is 477 g/mol. The van der Waals surface area contributed by atoms with E-state index in [0.717, 1.165) is 11.0 Å². The van der Waals surface area contributed by atoms with Gasteiger partial charge in [-0.25, -0.2) is 4.39 Å². The van der Waals surface area contributed by atoms with Gasteiger partial charge in [-0.1, -0.05) is 6.07 Å². The number of nitrogens with one attached hydrogen (secondary N) is 2. The smallest absolute Gasteiger partial charge is 0.243 e. The summed E-state index contributed by atoms with van der Waals surface area (Å²) in [5.41, 5.74) is 0.0160. The summed E-state index contributed by atoms with van der Waals surface area (Å²) >= 11 is 0. The normalized spacial score (nSPS) is 14.1. The molecule has 1 aliphatic heterocycles. The van der Waals surface area contributed by atoms with E-state index in [1.807, 2.05) is 0 Å². The molecule has 9 nitrogen and oxygen atoms in total. The van der Waals surface area contributed by atoms with Crippen molar-refractivity contribution in [2.24, 2.45) is 0 Å². The van der Waals surface area contributed by atoms with Crippen LogP contribution in [-0.4, -0.2) is 51.8 Å². The number of ether oxygens (including phenoxy) is 2. The number of hydrogen-bond acceptors (Lipinski definition) is 6. The summed E-state index contributed by atoms with van der Waals surface area (Å²) in [4.78, 5) is 39.3. The number of benzene rings is 2. The van der Waals surface area contributed by atoms with Crippen molar-refractivity contribution in [3.63, 3.8) is 0 Å². The first kappa shape index (κ1) is 26.1. The highest BCUT2D eigenvalue weighted by Crippen LogP contribution is 2.34. The van der Waals surface area contributed by atoms with Crippen LogP contribution in [0.25, 0.3) is 0 Å². The fraction of sp³-hybridized carbons (Fsp3) is 0.375. The van der Waals surface area contributed by atoms with Crippen molar-refractivity contribution < 1.29 is 32.5 Å². The van der Waals surface area contributed by atoms with Crippen LogP contribution in [0, 0.1) is 5.82 Å². The lowest BCUT2D eigenvalue weighted by molar-refractivity contribution is -0.126. The van der Waals surface area contributed by atoms with Gasteiger partial charge in [0.25, 0.3) is 0 Å². The van der Waals surface area contributed by atoms with Gasteiger partial charge in [0.2, 0.25) is 24.5 Å². The van der Waals surface area contributed by atoms with Crippen molar-refractivity contribution in [2.45, 2.75) is 39.3 Å². The molecule has 1 aliphatic rings. The van der Waals surface area contributed by atoms with Crippen LogP contribution in [0.4, 0.5) is 15.8 Å². The molecule has 3 amide bonds. The minimum Gasteiger partial charge on any atom is -0.454 e. The lowest BCUT2D eigenvalue weighted by Crippen LogP contribution is -2.53. The largest absolute Gasteiger partial charge is 0.454 e. The molecule has 2 aromatic rings. The maximum atomic E-state index is 13.9. The Labute approximate surface area is 205 Å². The Morgan fingerprint density at radius 2 is 1.80 bits per heavy atom. The number of fused-ring (bicyclic) bond motifs is 1. The van der Waals surface area contributed by atoms with Crippen LogP contribution in [-0.2, 0) is 25.2 Å². The predicted molar refractivity (Wildman–Crippen MR) is 130 cm³/mol. The molecule has 0 spiro atoms. The molecule has 0 saturated carbocycles. The van der Waals surface area contributed by atoms with Gasteiger partial charge in [0.05, 0.1) is 0 Å². The first-order valence-electron chi connectivity index (χ1n) is 10.9. The lowest BCUT2D eigenvalue weighted by atomic mass is 10.1. The van der Waals surface area contributed by atoms with Gasteiger partial charge in [0, 0.05) is 33.8 Å². The monoisotopic (exact) mass is 505 g/mol. The van der Waals surface area contributed by atoms with Crippen LogP contribution in [0.3, 0.4) is 0 Å². The lowest BCUT2D eigenvalue weighted by Gasteiger charge is -2.31. The molecule has 0 unspecified atom stereocenters. The van der Waals surface area contributed by atoms with Gasteiger partial charge in [-0.05, 0) is 58.0 Å². The average Bonchev–Trinajstić information content (AvgIpc) is 3.20. The van der Waals surface area contributed by atoms with E-state index >= 15 is 0 Å². The first-order chi connectivity index (χ1) is 16.4. The number of nitrogens with zero attached hydrogens (tertiary/aromatic N) is 1. The van der Waals surface area contributed by atoms with Crippen LogP contribution in [0.2, 0.25) is 0 Å². The molecule has 0 aliphatic carbocycles. The van der Waals surface area contributed by atoms with E-state index < -0.39 is 57.4 Å². The van der Waals surface area contributed by atoms with Crippen LogP contribution in [0.5, 0.6) is 11.5 Å². The second-order valence-electron chi connectivity index (χ2n) is 9.00. The van der Waals surface area contributed by atoms with Gasteiger partial charge in [-0.3, -0.25) is 23.5 Å². The van der Waals surface area contributed by atoms with E-state index in [4.69, 9.17) is 9.47 Å². The molecule has 0 saturated heterocycles. The van der Waals surface area contributed by atoms with E-state index in [9.17, 15) is 23.0 Å². The zero-order valence-electron chi connectivity index (χ0n) is 19.9. The van der Waals surface area contributed by atoms with Crippen LogP contribution < -0.4 is 25.0 Å². The van der Waals surface area contributed by atoms with Gasteiger partial charge in [-0.15, -0.1) is 0 Å². The topological polar surface area (TPSA) is 114 Å². The molecule has 11 heteroatoms. The Hall–Kier alpha value is -3.47. The highest BCUT2D eigenvalue weighted by Gasteiger charge is 2.31. The van der Waals surface area contributed by atoms with Crippen molar-refractivity contribution in [1.82, 2.24) is 5.32 Å². The number of carbonyl (C=O) groups is 3. The molecule has 0 fully saturated rings. The minimum atomic E-state index is -1.89.